The van der Waals surface area contributed by atoms with E-state index in [9.17, 15) is 8.78 Å². The molecule has 4 rings (SSSR count). The van der Waals surface area contributed by atoms with Crippen molar-refractivity contribution in [3.05, 3.63) is 77.8 Å². The average molecular weight is 383 g/mol. The Morgan fingerprint density at radius 2 is 1.86 bits per heavy atom. The summed E-state index contributed by atoms with van der Waals surface area (Å²) in [7, 11) is 0. The van der Waals surface area contributed by atoms with Crippen molar-refractivity contribution in [1.82, 2.24) is 9.55 Å². The Bertz CT molecular complexity index is 936. The van der Waals surface area contributed by atoms with Crippen LogP contribution in [0.3, 0.4) is 0 Å². The number of benzene rings is 2. The summed E-state index contributed by atoms with van der Waals surface area (Å²) in [6.45, 7) is 1.93. The SMILES string of the molecule is N[C@@H](c1nc(-c2cc(F)ccc2F)cn1Cc1ccccc1)C1CCOCC1. The van der Waals surface area contributed by atoms with E-state index in [4.69, 9.17) is 10.5 Å². The molecule has 0 spiro atoms. The first-order valence-electron chi connectivity index (χ1n) is 9.51. The predicted octanol–water partition coefficient (Wildman–Crippen LogP) is 4.30. The molecule has 1 aliphatic heterocycles. The Kier molecular flexibility index (Phi) is 5.50. The quantitative estimate of drug-likeness (QED) is 0.715. The van der Waals surface area contributed by atoms with Crippen molar-refractivity contribution in [3.8, 4) is 11.3 Å². The Labute approximate surface area is 163 Å². The molecule has 1 aliphatic rings. The molecule has 1 aromatic heterocycles. The van der Waals surface area contributed by atoms with Gasteiger partial charge < -0.3 is 15.0 Å². The second-order valence-corrected chi connectivity index (χ2v) is 7.20. The zero-order valence-corrected chi connectivity index (χ0v) is 15.5. The number of hydrogen-bond donors (Lipinski definition) is 1. The largest absolute Gasteiger partial charge is 0.381 e. The Hall–Kier alpha value is -2.57. The molecule has 0 aliphatic carbocycles. The molecule has 2 N–H and O–H groups in total. The molecule has 1 fully saturated rings. The van der Waals surface area contributed by atoms with Gasteiger partial charge in [0.2, 0.25) is 0 Å². The molecule has 4 nitrogen and oxygen atoms in total. The van der Waals surface area contributed by atoms with Crippen LogP contribution in [0.25, 0.3) is 11.3 Å². The van der Waals surface area contributed by atoms with Crippen molar-refractivity contribution < 1.29 is 13.5 Å². The van der Waals surface area contributed by atoms with Crippen molar-refractivity contribution in [2.24, 2.45) is 11.7 Å². The molecule has 2 heterocycles. The summed E-state index contributed by atoms with van der Waals surface area (Å²) in [5.41, 5.74) is 8.21. The second-order valence-electron chi connectivity index (χ2n) is 7.20. The number of imidazole rings is 1. The van der Waals surface area contributed by atoms with E-state index < -0.39 is 11.6 Å². The molecule has 2 aromatic carbocycles. The Morgan fingerprint density at radius 1 is 1.11 bits per heavy atom. The lowest BCUT2D eigenvalue weighted by molar-refractivity contribution is 0.0571. The molecular weight excluding hydrogens is 360 g/mol. The summed E-state index contributed by atoms with van der Waals surface area (Å²) in [6.07, 6.45) is 3.49. The van der Waals surface area contributed by atoms with E-state index >= 15 is 0 Å². The number of nitrogens with two attached hydrogens (primary N) is 1. The molecule has 3 aromatic rings. The van der Waals surface area contributed by atoms with Crippen LogP contribution in [-0.2, 0) is 11.3 Å². The van der Waals surface area contributed by atoms with Crippen LogP contribution in [0.5, 0.6) is 0 Å². The van der Waals surface area contributed by atoms with Gasteiger partial charge in [-0.05, 0) is 42.5 Å². The number of hydrogen-bond acceptors (Lipinski definition) is 3. The van der Waals surface area contributed by atoms with Crippen molar-refractivity contribution in [3.63, 3.8) is 0 Å². The van der Waals surface area contributed by atoms with Gasteiger partial charge in [0, 0.05) is 31.5 Å². The molecule has 146 valence electrons. The highest BCUT2D eigenvalue weighted by Crippen LogP contribution is 2.31. The maximum absolute atomic E-state index is 14.3. The van der Waals surface area contributed by atoms with E-state index in [1.54, 1.807) is 6.20 Å². The van der Waals surface area contributed by atoms with E-state index in [0.717, 1.165) is 30.5 Å². The van der Waals surface area contributed by atoms with Crippen molar-refractivity contribution in [1.29, 1.82) is 0 Å². The highest BCUT2D eigenvalue weighted by Gasteiger charge is 2.27. The molecule has 6 heteroatoms. The fourth-order valence-electron chi connectivity index (χ4n) is 3.71. The van der Waals surface area contributed by atoms with Gasteiger partial charge in [-0.1, -0.05) is 30.3 Å². The minimum absolute atomic E-state index is 0.146. The number of halogens is 2. The first kappa shape index (κ1) is 18.8. The van der Waals surface area contributed by atoms with Gasteiger partial charge in [0.15, 0.2) is 0 Å². The second kappa shape index (κ2) is 8.20. The van der Waals surface area contributed by atoms with E-state index in [-0.39, 0.29) is 17.5 Å². The molecule has 28 heavy (non-hydrogen) atoms. The lowest BCUT2D eigenvalue weighted by Gasteiger charge is -2.27. The van der Waals surface area contributed by atoms with Crippen LogP contribution in [0.1, 0.15) is 30.3 Å². The smallest absolute Gasteiger partial charge is 0.132 e. The van der Waals surface area contributed by atoms with Crippen LogP contribution in [0.2, 0.25) is 0 Å². The minimum Gasteiger partial charge on any atom is -0.381 e. The number of aromatic nitrogens is 2. The van der Waals surface area contributed by atoms with Crippen LogP contribution < -0.4 is 5.73 Å². The van der Waals surface area contributed by atoms with Crippen LogP contribution in [0.15, 0.2) is 54.7 Å². The van der Waals surface area contributed by atoms with Gasteiger partial charge in [-0.15, -0.1) is 0 Å². The standard InChI is InChI=1S/C22H23F2N3O/c23-17-6-7-19(24)18(12-17)20-14-27(13-15-4-2-1-3-5-15)22(26-20)21(25)16-8-10-28-11-9-16/h1-7,12,14,16,21H,8-11,13,25H2/t21-/m1/s1. The first-order chi connectivity index (χ1) is 13.6. The number of nitrogens with zero attached hydrogens (tertiary/aromatic N) is 2. The summed E-state index contributed by atoms with van der Waals surface area (Å²) in [4.78, 5) is 4.64. The lowest BCUT2D eigenvalue weighted by atomic mass is 9.92. The third kappa shape index (κ3) is 3.98. The van der Waals surface area contributed by atoms with Crippen LogP contribution in [0.4, 0.5) is 8.78 Å². The molecule has 1 saturated heterocycles. The van der Waals surface area contributed by atoms with Gasteiger partial charge in [0.25, 0.3) is 0 Å². The van der Waals surface area contributed by atoms with Crippen LogP contribution in [0, 0.1) is 17.6 Å². The average Bonchev–Trinajstić information content (AvgIpc) is 3.14. The summed E-state index contributed by atoms with van der Waals surface area (Å²) < 4.78 is 35.4. The monoisotopic (exact) mass is 383 g/mol. The molecule has 1 atom stereocenters. The topological polar surface area (TPSA) is 53.1 Å². The van der Waals surface area contributed by atoms with E-state index in [1.165, 1.54) is 6.07 Å². The molecule has 0 amide bonds. The zero-order chi connectivity index (χ0) is 19.5. The summed E-state index contributed by atoms with van der Waals surface area (Å²) in [5.74, 6) is -0.0634. The van der Waals surface area contributed by atoms with E-state index in [0.29, 0.717) is 31.3 Å². The van der Waals surface area contributed by atoms with Gasteiger partial charge in [0.1, 0.15) is 17.5 Å². The fourth-order valence-corrected chi connectivity index (χ4v) is 3.71. The fraction of sp³-hybridized carbons (Fsp3) is 0.318. The molecule has 0 unspecified atom stereocenters. The van der Waals surface area contributed by atoms with Gasteiger partial charge in [-0.3, -0.25) is 0 Å². The van der Waals surface area contributed by atoms with Crippen molar-refractivity contribution in [2.45, 2.75) is 25.4 Å². The maximum Gasteiger partial charge on any atom is 0.132 e. The van der Waals surface area contributed by atoms with Crippen LogP contribution in [-0.4, -0.2) is 22.8 Å². The van der Waals surface area contributed by atoms with E-state index in [1.807, 2.05) is 34.9 Å². The molecule has 0 radical (unpaired) electrons. The summed E-state index contributed by atoms with van der Waals surface area (Å²) in [6, 6.07) is 13.0. The Balaban J connectivity index is 1.73. The number of ether oxygens (including phenoxy) is 1. The summed E-state index contributed by atoms with van der Waals surface area (Å²) in [5, 5.41) is 0. The Morgan fingerprint density at radius 3 is 2.61 bits per heavy atom. The van der Waals surface area contributed by atoms with Crippen LogP contribution >= 0.6 is 0 Å². The van der Waals surface area contributed by atoms with E-state index in [2.05, 4.69) is 4.98 Å². The molecule has 0 bridgehead atoms. The maximum atomic E-state index is 14.3. The van der Waals surface area contributed by atoms with Gasteiger partial charge >= 0.3 is 0 Å². The number of rotatable bonds is 5. The van der Waals surface area contributed by atoms with Crippen molar-refractivity contribution in [2.75, 3.05) is 13.2 Å². The molecular formula is C22H23F2N3O. The first-order valence-corrected chi connectivity index (χ1v) is 9.51. The van der Waals surface area contributed by atoms with Gasteiger partial charge in [-0.25, -0.2) is 13.8 Å². The van der Waals surface area contributed by atoms with Gasteiger partial charge in [-0.2, -0.15) is 0 Å². The zero-order valence-electron chi connectivity index (χ0n) is 15.5. The minimum atomic E-state index is -0.503. The lowest BCUT2D eigenvalue weighted by Crippen LogP contribution is -2.29. The third-order valence-electron chi connectivity index (χ3n) is 5.28. The predicted molar refractivity (Wildman–Crippen MR) is 104 cm³/mol. The summed E-state index contributed by atoms with van der Waals surface area (Å²) >= 11 is 0. The molecule has 0 saturated carbocycles. The highest BCUT2D eigenvalue weighted by molar-refractivity contribution is 5.59. The van der Waals surface area contributed by atoms with Gasteiger partial charge in [0.05, 0.1) is 11.7 Å². The van der Waals surface area contributed by atoms with Crippen molar-refractivity contribution >= 4 is 0 Å². The third-order valence-corrected chi connectivity index (χ3v) is 5.28. The highest BCUT2D eigenvalue weighted by atomic mass is 19.1. The normalized spacial score (nSPS) is 16.2.